The fourth-order valence-corrected chi connectivity index (χ4v) is 4.14. The Kier molecular flexibility index (Phi) is 5.48. The van der Waals surface area contributed by atoms with Gasteiger partial charge in [0.25, 0.3) is 0 Å². The molecule has 5 nitrogen and oxygen atoms in total. The van der Waals surface area contributed by atoms with Crippen molar-refractivity contribution in [3.8, 4) is 11.4 Å². The van der Waals surface area contributed by atoms with Gasteiger partial charge in [0.2, 0.25) is 0 Å². The fourth-order valence-electron chi connectivity index (χ4n) is 4.14. The van der Waals surface area contributed by atoms with E-state index in [2.05, 4.69) is 15.3 Å². The number of benzene rings is 1. The summed E-state index contributed by atoms with van der Waals surface area (Å²) >= 11 is 0. The van der Waals surface area contributed by atoms with Gasteiger partial charge in [0.15, 0.2) is 5.82 Å². The molecule has 0 spiro atoms. The molecule has 2 saturated carbocycles. The maximum atomic E-state index is 14.1. The highest BCUT2D eigenvalue weighted by Crippen LogP contribution is 2.36. The summed E-state index contributed by atoms with van der Waals surface area (Å²) < 4.78 is 14.1. The molecule has 0 saturated heterocycles. The first-order valence-corrected chi connectivity index (χ1v) is 9.75. The van der Waals surface area contributed by atoms with Crippen LogP contribution < -0.4 is 5.32 Å². The maximum Gasteiger partial charge on any atom is 0.162 e. The Morgan fingerprint density at radius 1 is 1.15 bits per heavy atom. The summed E-state index contributed by atoms with van der Waals surface area (Å²) in [7, 11) is 0. The lowest BCUT2D eigenvalue weighted by Crippen LogP contribution is -2.37. The van der Waals surface area contributed by atoms with E-state index in [9.17, 15) is 14.6 Å². The van der Waals surface area contributed by atoms with Crippen molar-refractivity contribution in [1.29, 1.82) is 0 Å². The number of hydrogen-bond donors (Lipinski definition) is 3. The van der Waals surface area contributed by atoms with Crippen LogP contribution in [-0.4, -0.2) is 45.5 Å². The first kappa shape index (κ1) is 18.5. The van der Waals surface area contributed by atoms with Crippen LogP contribution in [0.25, 0.3) is 11.4 Å². The predicted molar refractivity (Wildman–Crippen MR) is 100 cm³/mol. The molecule has 0 aliphatic heterocycles. The van der Waals surface area contributed by atoms with Crippen LogP contribution in [0, 0.1) is 23.6 Å². The molecule has 0 bridgehead atoms. The number of aromatic nitrogens is 2. The molecule has 0 radical (unpaired) electrons. The van der Waals surface area contributed by atoms with E-state index < -0.39 is 6.10 Å². The standard InChI is InChI=1S/C21H26FN3O2/c22-18-4-2-1-3-15(18)21-23-8-7-14(25-21)9-16-17(12-26)20(27)10-19(16)24-11-13-5-6-13/h1-4,7-8,13,16-17,19-20,24,26-27H,5-6,9-12H2/t16-,17-,19-,20-/m1/s1. The van der Waals surface area contributed by atoms with Crippen molar-refractivity contribution in [2.45, 2.75) is 37.8 Å². The van der Waals surface area contributed by atoms with Gasteiger partial charge in [-0.3, -0.25) is 0 Å². The highest BCUT2D eigenvalue weighted by Gasteiger charge is 2.42. The summed E-state index contributed by atoms with van der Waals surface area (Å²) in [5, 5.41) is 23.8. The molecule has 1 aromatic heterocycles. The third-order valence-electron chi connectivity index (χ3n) is 5.91. The lowest BCUT2D eigenvalue weighted by atomic mass is 9.88. The van der Waals surface area contributed by atoms with E-state index in [1.807, 2.05) is 6.07 Å². The second-order valence-electron chi connectivity index (χ2n) is 7.83. The molecule has 6 heteroatoms. The molecule has 0 unspecified atom stereocenters. The van der Waals surface area contributed by atoms with Crippen LogP contribution >= 0.6 is 0 Å². The van der Waals surface area contributed by atoms with E-state index in [1.165, 1.54) is 18.9 Å². The molecule has 4 atom stereocenters. The van der Waals surface area contributed by atoms with Crippen LogP contribution in [0.2, 0.25) is 0 Å². The lowest BCUT2D eigenvalue weighted by Gasteiger charge is -2.25. The first-order valence-electron chi connectivity index (χ1n) is 9.75. The minimum atomic E-state index is -0.510. The van der Waals surface area contributed by atoms with Crippen molar-refractivity contribution >= 4 is 0 Å². The number of hydrogen-bond acceptors (Lipinski definition) is 5. The second kappa shape index (κ2) is 8.00. The highest BCUT2D eigenvalue weighted by molar-refractivity contribution is 5.55. The molecule has 3 N–H and O–H groups in total. The van der Waals surface area contributed by atoms with Gasteiger partial charge in [-0.2, -0.15) is 0 Å². The topological polar surface area (TPSA) is 78.3 Å². The van der Waals surface area contributed by atoms with E-state index in [0.717, 1.165) is 18.2 Å². The molecule has 1 aromatic carbocycles. The van der Waals surface area contributed by atoms with Gasteiger partial charge in [-0.1, -0.05) is 12.1 Å². The van der Waals surface area contributed by atoms with Crippen molar-refractivity contribution in [2.24, 2.45) is 17.8 Å². The Labute approximate surface area is 158 Å². The van der Waals surface area contributed by atoms with Crippen LogP contribution in [0.4, 0.5) is 4.39 Å². The zero-order valence-electron chi connectivity index (χ0n) is 15.3. The van der Waals surface area contributed by atoms with Crippen LogP contribution in [0.3, 0.4) is 0 Å². The molecule has 2 aliphatic carbocycles. The van der Waals surface area contributed by atoms with E-state index in [-0.39, 0.29) is 30.3 Å². The zero-order chi connectivity index (χ0) is 18.8. The van der Waals surface area contributed by atoms with Crippen molar-refractivity contribution < 1.29 is 14.6 Å². The minimum Gasteiger partial charge on any atom is -0.396 e. The summed E-state index contributed by atoms with van der Waals surface area (Å²) in [6.45, 7) is 0.926. The molecular formula is C21H26FN3O2. The second-order valence-corrected chi connectivity index (χ2v) is 7.83. The van der Waals surface area contributed by atoms with E-state index in [4.69, 9.17) is 0 Å². The number of aliphatic hydroxyl groups excluding tert-OH is 2. The quantitative estimate of drug-likeness (QED) is 0.695. The number of nitrogens with one attached hydrogen (secondary N) is 1. The number of nitrogens with zero attached hydrogens (tertiary/aromatic N) is 2. The summed E-state index contributed by atoms with van der Waals surface area (Å²) in [4.78, 5) is 8.78. The Morgan fingerprint density at radius 3 is 2.70 bits per heavy atom. The van der Waals surface area contributed by atoms with Gasteiger partial charge >= 0.3 is 0 Å². The molecular weight excluding hydrogens is 345 g/mol. The molecule has 2 aliphatic rings. The summed E-state index contributed by atoms with van der Waals surface area (Å²) in [6, 6.07) is 8.47. The fraction of sp³-hybridized carbons (Fsp3) is 0.524. The number of rotatable bonds is 7. The SMILES string of the molecule is OC[C@@H]1[C@@H](Cc2ccnc(-c3ccccc3F)n2)[C@H](NCC2CC2)C[C@H]1O. The smallest absolute Gasteiger partial charge is 0.162 e. The van der Waals surface area contributed by atoms with Crippen LogP contribution in [0.1, 0.15) is 25.0 Å². The Balaban J connectivity index is 1.53. The number of aliphatic hydroxyl groups is 2. The van der Waals surface area contributed by atoms with E-state index in [0.29, 0.717) is 24.2 Å². The normalized spacial score (nSPS) is 27.8. The van der Waals surface area contributed by atoms with Gasteiger partial charge in [-0.15, -0.1) is 0 Å². The van der Waals surface area contributed by atoms with Crippen LogP contribution in [-0.2, 0) is 6.42 Å². The van der Waals surface area contributed by atoms with E-state index >= 15 is 0 Å². The molecule has 1 heterocycles. The van der Waals surface area contributed by atoms with Gasteiger partial charge in [0.1, 0.15) is 5.82 Å². The molecule has 2 aromatic rings. The first-order chi connectivity index (χ1) is 13.2. The minimum absolute atomic E-state index is 0.0430. The van der Waals surface area contributed by atoms with Crippen molar-refractivity contribution in [1.82, 2.24) is 15.3 Å². The monoisotopic (exact) mass is 371 g/mol. The van der Waals surface area contributed by atoms with Crippen molar-refractivity contribution in [3.05, 3.63) is 48.0 Å². The molecule has 4 rings (SSSR count). The molecule has 2 fully saturated rings. The van der Waals surface area contributed by atoms with Crippen molar-refractivity contribution in [3.63, 3.8) is 0 Å². The molecule has 27 heavy (non-hydrogen) atoms. The van der Waals surface area contributed by atoms with Crippen molar-refractivity contribution in [2.75, 3.05) is 13.2 Å². The van der Waals surface area contributed by atoms with Gasteiger partial charge in [-0.05, 0) is 62.3 Å². The summed E-state index contributed by atoms with van der Waals surface area (Å²) in [5.74, 6) is 0.693. The average molecular weight is 371 g/mol. The zero-order valence-corrected chi connectivity index (χ0v) is 15.3. The molecule has 144 valence electrons. The third kappa shape index (κ3) is 4.18. The summed E-state index contributed by atoms with van der Waals surface area (Å²) in [6.07, 6.45) is 4.95. The van der Waals surface area contributed by atoms with Gasteiger partial charge in [0, 0.05) is 30.5 Å². The highest BCUT2D eigenvalue weighted by atomic mass is 19.1. The van der Waals surface area contributed by atoms with Gasteiger partial charge in [-0.25, -0.2) is 14.4 Å². The van der Waals surface area contributed by atoms with Crippen LogP contribution in [0.15, 0.2) is 36.5 Å². The third-order valence-corrected chi connectivity index (χ3v) is 5.91. The molecule has 0 amide bonds. The van der Waals surface area contributed by atoms with Crippen LogP contribution in [0.5, 0.6) is 0 Å². The predicted octanol–water partition coefficient (Wildman–Crippen LogP) is 2.18. The largest absolute Gasteiger partial charge is 0.396 e. The maximum absolute atomic E-state index is 14.1. The van der Waals surface area contributed by atoms with Gasteiger partial charge < -0.3 is 15.5 Å². The summed E-state index contributed by atoms with van der Waals surface area (Å²) in [5.41, 5.74) is 1.19. The average Bonchev–Trinajstić information content (AvgIpc) is 3.45. The Hall–Kier alpha value is -1.89. The Bertz CT molecular complexity index is 784. The lowest BCUT2D eigenvalue weighted by molar-refractivity contribution is 0.0716. The number of halogens is 1. The van der Waals surface area contributed by atoms with E-state index in [1.54, 1.807) is 24.4 Å². The Morgan fingerprint density at radius 2 is 1.96 bits per heavy atom. The van der Waals surface area contributed by atoms with Gasteiger partial charge in [0.05, 0.1) is 11.7 Å².